The molecule has 0 radical (unpaired) electrons. The molecule has 0 aliphatic rings. The zero-order valence-electron chi connectivity index (χ0n) is 21.3. The van der Waals surface area contributed by atoms with Crippen LogP contribution in [0.1, 0.15) is 71.1 Å². The van der Waals surface area contributed by atoms with Gasteiger partial charge in [-0.05, 0) is 53.0 Å². The van der Waals surface area contributed by atoms with Gasteiger partial charge in [0.05, 0.1) is 10.0 Å². The van der Waals surface area contributed by atoms with Gasteiger partial charge in [0.15, 0.2) is 0 Å². The molecule has 2 aromatic rings. The second-order valence-corrected chi connectivity index (χ2v) is 11.1. The standard InChI is InChI=1S/C28H38Cl2N2O2/c1-7-25(27(34)31-17-19(2)3)32(18-21-10-14-23(29)24(30)16-21)26(33)15-11-20-8-12-22(13-9-20)28(4,5)6/h8-10,12-14,16,19,25H,7,11,15,17-18H2,1-6H3,(H,31,34)/t25-/m0/s1. The summed E-state index contributed by atoms with van der Waals surface area (Å²) in [6.45, 7) is 13.4. The van der Waals surface area contributed by atoms with Crippen LogP contribution in [-0.2, 0) is 28.0 Å². The van der Waals surface area contributed by atoms with E-state index < -0.39 is 6.04 Å². The number of hydrogen-bond acceptors (Lipinski definition) is 2. The van der Waals surface area contributed by atoms with E-state index in [1.54, 1.807) is 17.0 Å². The molecule has 0 aliphatic heterocycles. The number of hydrogen-bond donors (Lipinski definition) is 1. The highest BCUT2D eigenvalue weighted by Gasteiger charge is 2.28. The topological polar surface area (TPSA) is 49.4 Å². The quantitative estimate of drug-likeness (QED) is 0.386. The average molecular weight is 506 g/mol. The number of halogens is 2. The Bertz CT molecular complexity index is 965. The number of carbonyl (C=O) groups excluding carboxylic acids is 2. The molecule has 4 nitrogen and oxygen atoms in total. The SMILES string of the molecule is CC[C@@H](C(=O)NCC(C)C)N(Cc1ccc(Cl)c(Cl)c1)C(=O)CCc1ccc(C(C)(C)C)cc1. The lowest BCUT2D eigenvalue weighted by molar-refractivity contribution is -0.141. The van der Waals surface area contributed by atoms with Crippen molar-refractivity contribution in [1.82, 2.24) is 10.2 Å². The minimum absolute atomic E-state index is 0.0579. The van der Waals surface area contributed by atoms with Gasteiger partial charge in [-0.15, -0.1) is 0 Å². The van der Waals surface area contributed by atoms with E-state index >= 15 is 0 Å². The lowest BCUT2D eigenvalue weighted by atomic mass is 9.86. The fraction of sp³-hybridized carbons (Fsp3) is 0.500. The zero-order chi connectivity index (χ0) is 25.5. The van der Waals surface area contributed by atoms with E-state index in [-0.39, 0.29) is 17.2 Å². The van der Waals surface area contributed by atoms with Crippen LogP contribution in [0.15, 0.2) is 42.5 Å². The van der Waals surface area contributed by atoms with E-state index in [1.807, 2.05) is 26.8 Å². The van der Waals surface area contributed by atoms with Gasteiger partial charge in [0.1, 0.15) is 6.04 Å². The molecule has 1 N–H and O–H groups in total. The van der Waals surface area contributed by atoms with Gasteiger partial charge in [-0.25, -0.2) is 0 Å². The van der Waals surface area contributed by atoms with Gasteiger partial charge < -0.3 is 10.2 Å². The Labute approximate surface area is 215 Å². The largest absolute Gasteiger partial charge is 0.354 e. The molecule has 0 bridgehead atoms. The summed E-state index contributed by atoms with van der Waals surface area (Å²) in [6.07, 6.45) is 1.46. The third-order valence-corrected chi connectivity index (χ3v) is 6.59. The summed E-state index contributed by atoms with van der Waals surface area (Å²) in [4.78, 5) is 28.1. The molecule has 0 unspecified atom stereocenters. The third-order valence-electron chi connectivity index (χ3n) is 5.85. The van der Waals surface area contributed by atoms with Crippen molar-refractivity contribution in [2.45, 2.75) is 78.8 Å². The summed E-state index contributed by atoms with van der Waals surface area (Å²) in [7, 11) is 0. The summed E-state index contributed by atoms with van der Waals surface area (Å²) in [5.74, 6) is 0.147. The van der Waals surface area contributed by atoms with Crippen LogP contribution in [0.4, 0.5) is 0 Å². The average Bonchev–Trinajstić information content (AvgIpc) is 2.78. The van der Waals surface area contributed by atoms with E-state index in [0.29, 0.717) is 48.3 Å². The molecule has 2 aromatic carbocycles. The molecule has 1 atom stereocenters. The Kier molecular flexibility index (Phi) is 10.5. The van der Waals surface area contributed by atoms with Gasteiger partial charge in [-0.1, -0.05) is 95.1 Å². The summed E-state index contributed by atoms with van der Waals surface area (Å²) in [6, 6.07) is 13.2. The molecule has 34 heavy (non-hydrogen) atoms. The number of rotatable bonds is 10. The maximum Gasteiger partial charge on any atom is 0.242 e. The van der Waals surface area contributed by atoms with Crippen molar-refractivity contribution < 1.29 is 9.59 Å². The molecule has 0 saturated heterocycles. The van der Waals surface area contributed by atoms with Gasteiger partial charge in [0.2, 0.25) is 11.8 Å². The molecule has 0 saturated carbocycles. The van der Waals surface area contributed by atoms with Crippen LogP contribution in [0.25, 0.3) is 0 Å². The predicted octanol–water partition coefficient (Wildman–Crippen LogP) is 6.80. The number of aryl methyl sites for hydroxylation is 1. The highest BCUT2D eigenvalue weighted by Crippen LogP contribution is 2.25. The van der Waals surface area contributed by atoms with Crippen LogP contribution in [-0.4, -0.2) is 29.3 Å². The molecule has 0 fully saturated rings. The van der Waals surface area contributed by atoms with Crippen LogP contribution >= 0.6 is 23.2 Å². The highest BCUT2D eigenvalue weighted by atomic mass is 35.5. The van der Waals surface area contributed by atoms with E-state index in [4.69, 9.17) is 23.2 Å². The first kappa shape index (κ1) is 28.2. The second kappa shape index (κ2) is 12.6. The van der Waals surface area contributed by atoms with Gasteiger partial charge in [0.25, 0.3) is 0 Å². The number of nitrogens with zero attached hydrogens (tertiary/aromatic N) is 1. The molecule has 6 heteroatoms. The first-order valence-electron chi connectivity index (χ1n) is 12.0. The van der Waals surface area contributed by atoms with Crippen molar-refractivity contribution in [1.29, 1.82) is 0 Å². The number of amides is 2. The van der Waals surface area contributed by atoms with Gasteiger partial charge in [-0.3, -0.25) is 9.59 Å². The maximum atomic E-state index is 13.4. The van der Waals surface area contributed by atoms with Crippen LogP contribution in [0.2, 0.25) is 10.0 Å². The lowest BCUT2D eigenvalue weighted by Gasteiger charge is -2.31. The zero-order valence-corrected chi connectivity index (χ0v) is 22.8. The Morgan fingerprint density at radius 1 is 0.971 bits per heavy atom. The first-order chi connectivity index (χ1) is 15.9. The van der Waals surface area contributed by atoms with Crippen molar-refractivity contribution in [3.63, 3.8) is 0 Å². The van der Waals surface area contributed by atoms with Crippen molar-refractivity contribution in [2.75, 3.05) is 6.54 Å². The Hall–Kier alpha value is -2.04. The van der Waals surface area contributed by atoms with Gasteiger partial charge in [0, 0.05) is 19.5 Å². The number of nitrogens with one attached hydrogen (secondary N) is 1. The molecular weight excluding hydrogens is 467 g/mol. The third kappa shape index (κ3) is 8.32. The van der Waals surface area contributed by atoms with Crippen LogP contribution in [0.5, 0.6) is 0 Å². The fourth-order valence-corrected chi connectivity index (χ4v) is 4.06. The van der Waals surface area contributed by atoms with Crippen molar-refractivity contribution in [2.24, 2.45) is 5.92 Å². The van der Waals surface area contributed by atoms with Crippen molar-refractivity contribution in [3.05, 3.63) is 69.2 Å². The van der Waals surface area contributed by atoms with E-state index in [2.05, 4.69) is 50.4 Å². The van der Waals surface area contributed by atoms with Crippen molar-refractivity contribution in [3.8, 4) is 0 Å². The minimum atomic E-state index is -0.552. The molecule has 2 amide bonds. The van der Waals surface area contributed by atoms with Crippen molar-refractivity contribution >= 4 is 35.0 Å². The molecule has 0 aromatic heterocycles. The molecule has 186 valence electrons. The number of carbonyl (C=O) groups is 2. The lowest BCUT2D eigenvalue weighted by Crippen LogP contribution is -2.49. The summed E-state index contributed by atoms with van der Waals surface area (Å²) < 4.78 is 0. The van der Waals surface area contributed by atoms with Crippen LogP contribution in [0.3, 0.4) is 0 Å². The smallest absolute Gasteiger partial charge is 0.242 e. The maximum absolute atomic E-state index is 13.4. The van der Waals surface area contributed by atoms with Gasteiger partial charge >= 0.3 is 0 Å². The summed E-state index contributed by atoms with van der Waals surface area (Å²) >= 11 is 12.3. The highest BCUT2D eigenvalue weighted by molar-refractivity contribution is 6.42. The van der Waals surface area contributed by atoms with Crippen LogP contribution < -0.4 is 5.32 Å². The fourth-order valence-electron chi connectivity index (χ4n) is 3.74. The Balaban J connectivity index is 2.21. The monoisotopic (exact) mass is 504 g/mol. The summed E-state index contributed by atoms with van der Waals surface area (Å²) in [5, 5.41) is 3.88. The predicted molar refractivity (Wildman–Crippen MR) is 142 cm³/mol. The molecule has 0 heterocycles. The number of benzene rings is 2. The Morgan fingerprint density at radius 2 is 1.59 bits per heavy atom. The molecule has 0 aliphatic carbocycles. The Morgan fingerprint density at radius 3 is 2.12 bits per heavy atom. The molecule has 0 spiro atoms. The minimum Gasteiger partial charge on any atom is -0.354 e. The molecular formula is C28H38Cl2N2O2. The first-order valence-corrected chi connectivity index (χ1v) is 12.8. The van der Waals surface area contributed by atoms with E-state index in [0.717, 1.165) is 11.1 Å². The second-order valence-electron chi connectivity index (χ2n) is 10.3. The van der Waals surface area contributed by atoms with Crippen LogP contribution in [0, 0.1) is 5.92 Å². The normalized spacial score (nSPS) is 12.5. The van der Waals surface area contributed by atoms with E-state index in [9.17, 15) is 9.59 Å². The van der Waals surface area contributed by atoms with E-state index in [1.165, 1.54) is 5.56 Å². The summed E-state index contributed by atoms with van der Waals surface area (Å²) in [5.41, 5.74) is 3.29. The van der Waals surface area contributed by atoms with Gasteiger partial charge in [-0.2, -0.15) is 0 Å². The molecule has 2 rings (SSSR count).